The summed E-state index contributed by atoms with van der Waals surface area (Å²) in [6.07, 6.45) is 2.88. The van der Waals surface area contributed by atoms with Gasteiger partial charge in [-0.3, -0.25) is 0 Å². The number of aromatic nitrogens is 2. The molecule has 0 aromatic carbocycles. The number of rotatable bonds is 2. The van der Waals surface area contributed by atoms with E-state index in [2.05, 4.69) is 42.6 Å². The molecule has 0 bridgehead atoms. The van der Waals surface area contributed by atoms with Crippen molar-refractivity contribution in [2.45, 2.75) is 40.0 Å². The molecule has 100 valence electrons. The molecule has 1 fully saturated rings. The first kappa shape index (κ1) is 13.1. The molecule has 0 spiro atoms. The van der Waals surface area contributed by atoms with Crippen LogP contribution < -0.4 is 10.6 Å². The van der Waals surface area contributed by atoms with Crippen molar-refractivity contribution in [3.8, 4) is 0 Å². The van der Waals surface area contributed by atoms with Crippen molar-refractivity contribution in [3.63, 3.8) is 0 Å². The first-order valence-electron chi connectivity index (χ1n) is 6.84. The van der Waals surface area contributed by atoms with Gasteiger partial charge in [-0.1, -0.05) is 27.7 Å². The molecule has 4 heteroatoms. The molecule has 1 aliphatic rings. The fourth-order valence-corrected chi connectivity index (χ4v) is 3.04. The number of nitrogens with two attached hydrogens (primary N) is 1. The Bertz CT molecular complexity index is 406. The van der Waals surface area contributed by atoms with Gasteiger partial charge in [0.15, 0.2) is 0 Å². The Labute approximate surface area is 110 Å². The number of piperidine rings is 1. The van der Waals surface area contributed by atoms with Crippen LogP contribution >= 0.6 is 0 Å². The average Bonchev–Trinajstić information content (AvgIpc) is 2.26. The molecule has 2 rings (SSSR count). The van der Waals surface area contributed by atoms with Crippen molar-refractivity contribution in [1.82, 2.24) is 9.97 Å². The molecular formula is C14H24N4. The Kier molecular flexibility index (Phi) is 3.73. The maximum Gasteiger partial charge on any atom is 0.137 e. The van der Waals surface area contributed by atoms with E-state index in [1.807, 2.05) is 0 Å². The normalized spacial score (nSPS) is 24.6. The SMILES string of the molecule is CC1CC(C)CN(c2ncnc(N)c2C(C)C)C1. The van der Waals surface area contributed by atoms with Crippen molar-refractivity contribution < 1.29 is 0 Å². The number of hydrogen-bond donors (Lipinski definition) is 1. The summed E-state index contributed by atoms with van der Waals surface area (Å²) in [6, 6.07) is 0. The van der Waals surface area contributed by atoms with Gasteiger partial charge >= 0.3 is 0 Å². The fraction of sp³-hybridized carbons (Fsp3) is 0.714. The zero-order valence-electron chi connectivity index (χ0n) is 11.8. The second-order valence-corrected chi connectivity index (χ2v) is 6.00. The van der Waals surface area contributed by atoms with Crippen LogP contribution in [0.5, 0.6) is 0 Å². The Morgan fingerprint density at radius 2 is 1.83 bits per heavy atom. The molecule has 1 aromatic heterocycles. The van der Waals surface area contributed by atoms with E-state index in [0.29, 0.717) is 23.6 Å². The quantitative estimate of drug-likeness (QED) is 0.874. The average molecular weight is 248 g/mol. The Hall–Kier alpha value is -1.32. The fourth-order valence-electron chi connectivity index (χ4n) is 3.04. The van der Waals surface area contributed by atoms with Gasteiger partial charge in [-0.2, -0.15) is 0 Å². The van der Waals surface area contributed by atoms with E-state index >= 15 is 0 Å². The van der Waals surface area contributed by atoms with Crippen molar-refractivity contribution >= 4 is 11.6 Å². The standard InChI is InChI=1S/C14H24N4/c1-9(2)12-13(15)16-8-17-14(12)18-6-10(3)5-11(4)7-18/h8-11H,5-7H2,1-4H3,(H2,15,16,17). The summed E-state index contributed by atoms with van der Waals surface area (Å²) in [6.45, 7) is 11.1. The second kappa shape index (κ2) is 5.12. The van der Waals surface area contributed by atoms with Crippen LogP contribution in [0.25, 0.3) is 0 Å². The van der Waals surface area contributed by atoms with Crippen molar-refractivity contribution in [1.29, 1.82) is 0 Å². The highest BCUT2D eigenvalue weighted by molar-refractivity contribution is 5.58. The Morgan fingerprint density at radius 1 is 1.22 bits per heavy atom. The lowest BCUT2D eigenvalue weighted by Crippen LogP contribution is -2.40. The van der Waals surface area contributed by atoms with E-state index in [1.54, 1.807) is 6.33 Å². The zero-order valence-corrected chi connectivity index (χ0v) is 11.8. The van der Waals surface area contributed by atoms with Crippen LogP contribution in [0.4, 0.5) is 11.6 Å². The molecule has 0 radical (unpaired) electrons. The molecule has 0 amide bonds. The Balaban J connectivity index is 2.35. The van der Waals surface area contributed by atoms with Gasteiger partial charge in [0.05, 0.1) is 0 Å². The van der Waals surface area contributed by atoms with Crippen LogP contribution in [0.1, 0.15) is 45.6 Å². The highest BCUT2D eigenvalue weighted by Crippen LogP contribution is 2.32. The summed E-state index contributed by atoms with van der Waals surface area (Å²) >= 11 is 0. The highest BCUT2D eigenvalue weighted by atomic mass is 15.2. The summed E-state index contributed by atoms with van der Waals surface area (Å²) in [7, 11) is 0. The molecule has 1 aliphatic heterocycles. The molecule has 2 N–H and O–H groups in total. The predicted octanol–water partition coefficient (Wildman–Crippen LogP) is 2.66. The summed E-state index contributed by atoms with van der Waals surface area (Å²) in [4.78, 5) is 11.0. The number of hydrogen-bond acceptors (Lipinski definition) is 4. The third-order valence-electron chi connectivity index (χ3n) is 3.64. The van der Waals surface area contributed by atoms with Crippen LogP contribution in [-0.2, 0) is 0 Å². The monoisotopic (exact) mass is 248 g/mol. The van der Waals surface area contributed by atoms with Crippen LogP contribution in [0.15, 0.2) is 6.33 Å². The van der Waals surface area contributed by atoms with Crippen molar-refractivity contribution in [2.24, 2.45) is 11.8 Å². The van der Waals surface area contributed by atoms with E-state index in [0.717, 1.165) is 24.5 Å². The lowest BCUT2D eigenvalue weighted by molar-refractivity contribution is 0.354. The predicted molar refractivity (Wildman–Crippen MR) is 75.7 cm³/mol. The number of anilines is 2. The smallest absolute Gasteiger partial charge is 0.137 e. The van der Waals surface area contributed by atoms with Crippen LogP contribution in [0.3, 0.4) is 0 Å². The van der Waals surface area contributed by atoms with Gasteiger partial charge in [-0.05, 0) is 24.2 Å². The van der Waals surface area contributed by atoms with Crippen molar-refractivity contribution in [3.05, 3.63) is 11.9 Å². The van der Waals surface area contributed by atoms with Gasteiger partial charge in [0.1, 0.15) is 18.0 Å². The summed E-state index contributed by atoms with van der Waals surface area (Å²) in [5.41, 5.74) is 7.12. The molecule has 1 aromatic rings. The molecule has 0 saturated carbocycles. The van der Waals surface area contributed by atoms with Gasteiger partial charge in [-0.15, -0.1) is 0 Å². The maximum absolute atomic E-state index is 6.02. The lowest BCUT2D eigenvalue weighted by Gasteiger charge is -2.37. The highest BCUT2D eigenvalue weighted by Gasteiger charge is 2.26. The molecular weight excluding hydrogens is 224 g/mol. The summed E-state index contributed by atoms with van der Waals surface area (Å²) in [5, 5.41) is 0. The molecule has 18 heavy (non-hydrogen) atoms. The molecule has 2 unspecified atom stereocenters. The molecule has 4 nitrogen and oxygen atoms in total. The first-order valence-corrected chi connectivity index (χ1v) is 6.84. The maximum atomic E-state index is 6.02. The van der Waals surface area contributed by atoms with E-state index in [1.165, 1.54) is 6.42 Å². The van der Waals surface area contributed by atoms with Gasteiger partial charge in [0.2, 0.25) is 0 Å². The van der Waals surface area contributed by atoms with Gasteiger partial charge in [0.25, 0.3) is 0 Å². The molecule has 2 heterocycles. The zero-order chi connectivity index (χ0) is 13.3. The summed E-state index contributed by atoms with van der Waals surface area (Å²) < 4.78 is 0. The van der Waals surface area contributed by atoms with E-state index in [4.69, 9.17) is 5.73 Å². The molecule has 2 atom stereocenters. The van der Waals surface area contributed by atoms with E-state index in [9.17, 15) is 0 Å². The number of nitrogen functional groups attached to an aromatic ring is 1. The van der Waals surface area contributed by atoms with E-state index in [-0.39, 0.29) is 0 Å². The minimum absolute atomic E-state index is 0.355. The van der Waals surface area contributed by atoms with Crippen LogP contribution in [0.2, 0.25) is 0 Å². The third kappa shape index (κ3) is 2.57. The van der Waals surface area contributed by atoms with Crippen LogP contribution in [0, 0.1) is 11.8 Å². The Morgan fingerprint density at radius 3 is 2.39 bits per heavy atom. The topological polar surface area (TPSA) is 55.0 Å². The lowest BCUT2D eigenvalue weighted by atomic mass is 9.91. The minimum Gasteiger partial charge on any atom is -0.383 e. The van der Waals surface area contributed by atoms with Gasteiger partial charge in [-0.25, -0.2) is 9.97 Å². The number of nitrogens with zero attached hydrogens (tertiary/aromatic N) is 3. The van der Waals surface area contributed by atoms with Gasteiger partial charge in [0, 0.05) is 18.7 Å². The largest absolute Gasteiger partial charge is 0.383 e. The summed E-state index contributed by atoms with van der Waals surface area (Å²) in [5.74, 6) is 3.44. The van der Waals surface area contributed by atoms with Crippen LogP contribution in [-0.4, -0.2) is 23.1 Å². The minimum atomic E-state index is 0.355. The second-order valence-electron chi connectivity index (χ2n) is 6.00. The van der Waals surface area contributed by atoms with E-state index < -0.39 is 0 Å². The van der Waals surface area contributed by atoms with Gasteiger partial charge < -0.3 is 10.6 Å². The molecule has 0 aliphatic carbocycles. The van der Waals surface area contributed by atoms with Crippen molar-refractivity contribution in [2.75, 3.05) is 23.7 Å². The third-order valence-corrected chi connectivity index (χ3v) is 3.64. The molecule has 1 saturated heterocycles. The first-order chi connectivity index (χ1) is 8.49.